The average molecular weight is 864 g/mol. The molecule has 5 aromatic heterocycles. The highest BCUT2D eigenvalue weighted by Crippen LogP contribution is 2.39. The number of fused-ring (bicyclic) bond motifs is 12. The second kappa shape index (κ2) is 14.0. The second-order valence-electron chi connectivity index (χ2n) is 17.0. The van der Waals surface area contributed by atoms with Crippen molar-refractivity contribution in [1.82, 2.24) is 14.1 Å². The summed E-state index contributed by atoms with van der Waals surface area (Å²) in [5, 5.41) is 13.6. The highest BCUT2D eigenvalue weighted by molar-refractivity contribution is 7.31. The Morgan fingerprint density at radius 3 is 1.65 bits per heavy atom. The van der Waals surface area contributed by atoms with Gasteiger partial charge in [-0.3, -0.25) is 4.98 Å². The van der Waals surface area contributed by atoms with Crippen molar-refractivity contribution in [3.63, 3.8) is 0 Å². The average Bonchev–Trinajstić information content (AvgIpc) is 4.13. The zero-order valence-corrected chi connectivity index (χ0v) is 36.8. The molecular weight excluding hydrogens is 827 g/mol. The van der Waals surface area contributed by atoms with Crippen LogP contribution in [0.2, 0.25) is 0 Å². The molecule has 0 unspecified atom stereocenters. The number of hydrogen-bond acceptors (Lipinski definition) is 3. The van der Waals surface area contributed by atoms with E-state index in [9.17, 15) is 0 Å². The van der Waals surface area contributed by atoms with Crippen molar-refractivity contribution in [2.75, 3.05) is 0 Å². The molecule has 65 heavy (non-hydrogen) atoms. The number of furan rings is 1. The predicted molar refractivity (Wildman–Crippen MR) is 277 cm³/mol. The Bertz CT molecular complexity index is 3820. The van der Waals surface area contributed by atoms with Gasteiger partial charge in [0.2, 0.25) is 0 Å². The van der Waals surface area contributed by atoms with Crippen LogP contribution in [0, 0.1) is 0 Å². The molecule has 0 N–H and O–H groups in total. The highest BCUT2D eigenvalue weighted by atomic mass is 32.1. The second-order valence-corrected chi connectivity index (χ2v) is 21.8. The lowest BCUT2D eigenvalue weighted by Gasteiger charge is -2.34. The van der Waals surface area contributed by atoms with Crippen molar-refractivity contribution in [2.45, 2.75) is 0 Å². The first-order valence-corrected chi connectivity index (χ1v) is 24.9. The van der Waals surface area contributed by atoms with Gasteiger partial charge in [-0.25, -0.2) is 0 Å². The molecule has 0 aliphatic carbocycles. The van der Waals surface area contributed by atoms with E-state index in [0.717, 1.165) is 49.6 Å². The van der Waals surface area contributed by atoms with Crippen LogP contribution in [0.4, 0.5) is 0 Å². The fraction of sp³-hybridized carbons (Fsp3) is 0. The number of aromatic nitrogens is 3. The molecule has 0 aliphatic heterocycles. The molecule has 6 heteroatoms. The summed E-state index contributed by atoms with van der Waals surface area (Å²) in [5.41, 5.74) is 9.70. The molecule has 14 rings (SSSR count). The van der Waals surface area contributed by atoms with E-state index in [4.69, 9.17) is 9.40 Å². The molecule has 9 aromatic carbocycles. The van der Waals surface area contributed by atoms with Gasteiger partial charge in [-0.15, -0.1) is 11.3 Å². The maximum Gasteiger partial charge on any atom is 0.185 e. The van der Waals surface area contributed by atoms with Crippen molar-refractivity contribution >= 4 is 126 Å². The quantitative estimate of drug-likeness (QED) is 0.123. The maximum absolute atomic E-state index is 7.21. The maximum atomic E-state index is 7.21. The summed E-state index contributed by atoms with van der Waals surface area (Å²) in [6.07, 6.45) is 1.88. The zero-order chi connectivity index (χ0) is 42.6. The van der Waals surface area contributed by atoms with Gasteiger partial charge in [0.25, 0.3) is 0 Å². The highest BCUT2D eigenvalue weighted by Gasteiger charge is 2.45. The summed E-state index contributed by atoms with van der Waals surface area (Å²) in [5.74, 6) is 0. The Balaban J connectivity index is 1.04. The summed E-state index contributed by atoms with van der Waals surface area (Å²) < 4.78 is 14.6. The van der Waals surface area contributed by atoms with Crippen LogP contribution in [0.5, 0.6) is 0 Å². The fourth-order valence-electron chi connectivity index (χ4n) is 11.0. The van der Waals surface area contributed by atoms with Gasteiger partial charge < -0.3 is 13.6 Å². The van der Waals surface area contributed by atoms with E-state index in [-0.39, 0.29) is 0 Å². The summed E-state index contributed by atoms with van der Waals surface area (Å²) in [6.45, 7) is 0. The molecule has 0 spiro atoms. The molecule has 304 valence electrons. The summed E-state index contributed by atoms with van der Waals surface area (Å²) in [7, 11) is -3.14. The topological polar surface area (TPSA) is 35.9 Å². The molecule has 0 atom stereocenters. The molecule has 14 aromatic rings. The third-order valence-electron chi connectivity index (χ3n) is 13.7. The van der Waals surface area contributed by atoms with Gasteiger partial charge in [0.05, 0.1) is 27.6 Å². The fourth-order valence-corrected chi connectivity index (χ4v) is 17.7. The van der Waals surface area contributed by atoms with Crippen molar-refractivity contribution in [3.8, 4) is 11.4 Å². The van der Waals surface area contributed by atoms with Crippen LogP contribution in [-0.4, -0.2) is 22.2 Å². The minimum Gasteiger partial charge on any atom is -0.456 e. The Morgan fingerprint density at radius 2 is 0.938 bits per heavy atom. The van der Waals surface area contributed by atoms with Crippen LogP contribution in [-0.2, 0) is 0 Å². The summed E-state index contributed by atoms with van der Waals surface area (Å²) >= 11 is 1.91. The molecule has 0 radical (unpaired) electrons. The van der Waals surface area contributed by atoms with Crippen LogP contribution in [0.1, 0.15) is 0 Å². The first kappa shape index (κ1) is 36.5. The smallest absolute Gasteiger partial charge is 0.185 e. The van der Waals surface area contributed by atoms with Crippen molar-refractivity contribution in [1.29, 1.82) is 0 Å². The predicted octanol–water partition coefficient (Wildman–Crippen LogP) is 12.9. The third-order valence-corrected chi connectivity index (χ3v) is 19.9. The minimum atomic E-state index is -3.14. The number of pyridine rings is 1. The molecule has 0 bridgehead atoms. The molecule has 0 saturated heterocycles. The van der Waals surface area contributed by atoms with Gasteiger partial charge >= 0.3 is 0 Å². The van der Waals surface area contributed by atoms with Gasteiger partial charge in [-0.1, -0.05) is 152 Å². The number of benzene rings is 9. The van der Waals surface area contributed by atoms with E-state index in [1.54, 1.807) is 0 Å². The van der Waals surface area contributed by atoms with E-state index in [1.165, 1.54) is 68.4 Å². The van der Waals surface area contributed by atoms with Gasteiger partial charge in [-0.05, 0) is 87.5 Å². The van der Waals surface area contributed by atoms with Crippen LogP contribution in [0.15, 0.2) is 229 Å². The number of para-hydroxylation sites is 4. The Labute approximate surface area is 378 Å². The van der Waals surface area contributed by atoms with Crippen molar-refractivity contribution in [3.05, 3.63) is 225 Å². The Morgan fingerprint density at radius 1 is 0.400 bits per heavy atom. The summed E-state index contributed by atoms with van der Waals surface area (Å²) in [6, 6.07) is 80.3. The van der Waals surface area contributed by atoms with E-state index in [1.807, 2.05) is 23.6 Å². The molecule has 5 heterocycles. The van der Waals surface area contributed by atoms with Gasteiger partial charge in [-0.2, -0.15) is 0 Å². The molecule has 0 fully saturated rings. The molecular formula is C59H37N3OSSi. The normalized spacial score (nSPS) is 12.3. The number of thiophene rings is 1. The lowest BCUT2D eigenvalue weighted by molar-refractivity contribution is 0.671. The third kappa shape index (κ3) is 5.15. The minimum absolute atomic E-state index is 0.872. The lowest BCUT2D eigenvalue weighted by Crippen LogP contribution is -2.74. The molecule has 0 amide bonds. The molecule has 4 nitrogen and oxygen atoms in total. The van der Waals surface area contributed by atoms with E-state index in [2.05, 4.69) is 221 Å². The van der Waals surface area contributed by atoms with E-state index < -0.39 is 8.07 Å². The van der Waals surface area contributed by atoms with Gasteiger partial charge in [0.15, 0.2) is 8.07 Å². The number of nitrogens with zero attached hydrogens (tertiary/aromatic N) is 3. The van der Waals surface area contributed by atoms with E-state index >= 15 is 0 Å². The van der Waals surface area contributed by atoms with Crippen LogP contribution >= 0.6 is 11.3 Å². The largest absolute Gasteiger partial charge is 0.456 e. The molecule has 0 saturated carbocycles. The number of hydrogen-bond donors (Lipinski definition) is 0. The monoisotopic (exact) mass is 863 g/mol. The van der Waals surface area contributed by atoms with Gasteiger partial charge in [0.1, 0.15) is 11.2 Å². The van der Waals surface area contributed by atoms with E-state index in [0.29, 0.717) is 0 Å². The Kier molecular flexibility index (Phi) is 7.84. The van der Waals surface area contributed by atoms with Crippen molar-refractivity contribution in [2.24, 2.45) is 0 Å². The van der Waals surface area contributed by atoms with Crippen LogP contribution < -0.4 is 20.7 Å². The standard InChI is InChI=1S/C59H37N3OSSi/c1-3-16-40(17-4-1)65(41-18-5-2-6-19-41,55-29-13-23-44-47-36-38(31-33-53(47)63-58(44)55)62-51-27-12-9-22-46(51)57-52(62)28-15-35-60-57)56-30-14-24-45-48-37-39(32-34-54(48)64-59(45)56)61-49-25-10-7-20-42(49)43-21-8-11-26-50(43)61/h1-37H. The van der Waals surface area contributed by atoms with Gasteiger partial charge in [0, 0.05) is 64.7 Å². The first-order valence-electron chi connectivity index (χ1n) is 22.1. The Hall–Kier alpha value is -8.03. The SMILES string of the molecule is c1ccc([Si](c2ccccc2)(c2cccc3c2oc2ccc(-n4c5ccccc5c5ncccc54)cc23)c2cccc3c2sc2ccc(-n4c5ccccc5c5ccccc54)cc23)cc1. The zero-order valence-electron chi connectivity index (χ0n) is 35.0. The first-order chi connectivity index (χ1) is 32.3. The van der Waals surface area contributed by atoms with Crippen molar-refractivity contribution < 1.29 is 4.42 Å². The summed E-state index contributed by atoms with van der Waals surface area (Å²) in [4.78, 5) is 4.82. The molecule has 0 aliphatic rings. The lowest BCUT2D eigenvalue weighted by atomic mass is 10.1. The van der Waals surface area contributed by atoms with Crippen LogP contribution in [0.3, 0.4) is 0 Å². The van der Waals surface area contributed by atoms with Crippen LogP contribution in [0.25, 0.3) is 97.2 Å². The number of rotatable bonds is 6.